The maximum atomic E-state index is 12.3. The molecule has 7 nitrogen and oxygen atoms in total. The number of hydrogen-bond acceptors (Lipinski definition) is 4. The van der Waals surface area contributed by atoms with Gasteiger partial charge < -0.3 is 14.4 Å². The molecule has 1 spiro atoms. The second kappa shape index (κ2) is 6.12. The fourth-order valence-corrected chi connectivity index (χ4v) is 3.23. The van der Waals surface area contributed by atoms with Gasteiger partial charge in [0, 0.05) is 37.8 Å². The van der Waals surface area contributed by atoms with Gasteiger partial charge in [0.25, 0.3) is 0 Å². The van der Waals surface area contributed by atoms with Gasteiger partial charge in [0.1, 0.15) is 5.60 Å². The molecule has 1 amide bonds. The average molecular weight is 296 g/mol. The second-order valence-corrected chi connectivity index (χ2v) is 6.95. The minimum absolute atomic E-state index is 0.00332. The van der Waals surface area contributed by atoms with Crippen molar-refractivity contribution in [3.8, 4) is 0 Å². The van der Waals surface area contributed by atoms with E-state index >= 15 is 0 Å². The van der Waals surface area contributed by atoms with Crippen LogP contribution in [0.1, 0.15) is 33.6 Å². The van der Waals surface area contributed by atoms with Gasteiger partial charge >= 0.3 is 6.09 Å². The highest BCUT2D eigenvalue weighted by Crippen LogP contribution is 2.44. The number of hydrogen-bond donors (Lipinski definition) is 0. The van der Waals surface area contributed by atoms with Crippen LogP contribution >= 0.6 is 0 Å². The van der Waals surface area contributed by atoms with Crippen LogP contribution in [0.15, 0.2) is 5.11 Å². The maximum Gasteiger partial charge on any atom is 0.410 e. The van der Waals surface area contributed by atoms with Crippen LogP contribution in [0.5, 0.6) is 0 Å². The lowest BCUT2D eigenvalue weighted by Gasteiger charge is -2.37. The van der Waals surface area contributed by atoms with Crippen LogP contribution in [-0.4, -0.2) is 49.4 Å². The lowest BCUT2D eigenvalue weighted by Crippen LogP contribution is -2.39. The number of carbonyl (C=O) groups excluding carboxylic acids is 1. The molecule has 0 aliphatic carbocycles. The smallest absolute Gasteiger partial charge is 0.410 e. The zero-order valence-electron chi connectivity index (χ0n) is 13.0. The first-order chi connectivity index (χ1) is 9.86. The second-order valence-electron chi connectivity index (χ2n) is 6.95. The summed E-state index contributed by atoms with van der Waals surface area (Å²) in [4.78, 5) is 16.9. The number of likely N-dealkylation sites (tertiary alicyclic amines) is 1. The zero-order valence-corrected chi connectivity index (χ0v) is 13.0. The molecule has 21 heavy (non-hydrogen) atoms. The molecule has 0 saturated carbocycles. The van der Waals surface area contributed by atoms with Crippen LogP contribution in [0.4, 0.5) is 4.79 Å². The van der Waals surface area contributed by atoms with Crippen molar-refractivity contribution in [3.05, 3.63) is 10.4 Å². The molecule has 2 fully saturated rings. The van der Waals surface area contributed by atoms with Crippen molar-refractivity contribution in [3.63, 3.8) is 0 Å². The van der Waals surface area contributed by atoms with Crippen molar-refractivity contribution in [2.75, 3.05) is 32.8 Å². The largest absolute Gasteiger partial charge is 0.444 e. The Morgan fingerprint density at radius 2 is 2.14 bits per heavy atom. The first kappa shape index (κ1) is 15.9. The maximum absolute atomic E-state index is 12.3. The van der Waals surface area contributed by atoms with Gasteiger partial charge in [-0.15, -0.1) is 0 Å². The highest BCUT2D eigenvalue weighted by Gasteiger charge is 2.48. The van der Waals surface area contributed by atoms with Crippen molar-refractivity contribution in [2.45, 2.75) is 39.2 Å². The van der Waals surface area contributed by atoms with Gasteiger partial charge in [-0.2, -0.15) is 0 Å². The zero-order chi connectivity index (χ0) is 15.5. The monoisotopic (exact) mass is 296 g/mol. The minimum atomic E-state index is -0.497. The average Bonchev–Trinajstić information content (AvgIpc) is 2.74. The predicted octanol–water partition coefficient (Wildman–Crippen LogP) is 2.96. The number of nitrogens with zero attached hydrogens (tertiary/aromatic N) is 4. The van der Waals surface area contributed by atoms with E-state index in [0.29, 0.717) is 32.8 Å². The highest BCUT2D eigenvalue weighted by atomic mass is 16.6. The third-order valence-corrected chi connectivity index (χ3v) is 4.32. The minimum Gasteiger partial charge on any atom is -0.444 e. The summed E-state index contributed by atoms with van der Waals surface area (Å²) in [5, 5.41) is 3.73. The molecule has 0 aromatic heterocycles. The molecule has 0 radical (unpaired) electrons. The van der Waals surface area contributed by atoms with E-state index in [-0.39, 0.29) is 17.4 Å². The van der Waals surface area contributed by atoms with E-state index in [1.807, 2.05) is 20.8 Å². The van der Waals surface area contributed by atoms with Gasteiger partial charge in [0.2, 0.25) is 0 Å². The van der Waals surface area contributed by atoms with Crippen molar-refractivity contribution < 1.29 is 14.3 Å². The Hall–Kier alpha value is -1.46. The number of carbonyl (C=O) groups is 1. The Balaban J connectivity index is 2.10. The summed E-state index contributed by atoms with van der Waals surface area (Å²) in [6, 6.07) is 0. The summed E-state index contributed by atoms with van der Waals surface area (Å²) in [6.45, 7) is 8.68. The van der Waals surface area contributed by atoms with Gasteiger partial charge in [0.05, 0.1) is 0 Å². The molecule has 2 aliphatic heterocycles. The Morgan fingerprint density at radius 1 is 1.48 bits per heavy atom. The van der Waals surface area contributed by atoms with Crippen LogP contribution in [-0.2, 0) is 9.47 Å². The molecule has 2 rings (SSSR count). The van der Waals surface area contributed by atoms with Crippen molar-refractivity contribution in [1.82, 2.24) is 4.90 Å². The van der Waals surface area contributed by atoms with Gasteiger partial charge in [-0.05, 0) is 50.5 Å². The lowest BCUT2D eigenvalue weighted by atomic mass is 9.72. The quantitative estimate of drug-likeness (QED) is 0.446. The Morgan fingerprint density at radius 3 is 2.71 bits per heavy atom. The molecule has 1 unspecified atom stereocenters. The van der Waals surface area contributed by atoms with Crippen molar-refractivity contribution in [2.24, 2.45) is 16.4 Å². The molecule has 2 heterocycles. The normalized spacial score (nSPS) is 24.7. The Kier molecular flexibility index (Phi) is 4.64. The fourth-order valence-electron chi connectivity index (χ4n) is 3.23. The van der Waals surface area contributed by atoms with E-state index < -0.39 is 5.60 Å². The van der Waals surface area contributed by atoms with Crippen LogP contribution in [0, 0.1) is 11.3 Å². The van der Waals surface area contributed by atoms with Crippen molar-refractivity contribution >= 4 is 6.09 Å². The number of amides is 1. The third kappa shape index (κ3) is 3.80. The molecular weight excluding hydrogens is 272 g/mol. The standard InChI is InChI=1S/C14H24N4O3/c1-13(2,3)21-12(19)18-9-11(8-16-17-15)14(10-18)4-6-20-7-5-14/h11H,4-10H2,1-3H3. The molecule has 118 valence electrons. The molecule has 0 aromatic carbocycles. The molecule has 2 saturated heterocycles. The van der Waals surface area contributed by atoms with Gasteiger partial charge in [-0.25, -0.2) is 4.79 Å². The predicted molar refractivity (Wildman–Crippen MR) is 77.8 cm³/mol. The van der Waals surface area contributed by atoms with Gasteiger partial charge in [-0.1, -0.05) is 5.11 Å². The van der Waals surface area contributed by atoms with Crippen LogP contribution in [0.25, 0.3) is 10.4 Å². The van der Waals surface area contributed by atoms with Gasteiger partial charge in [-0.3, -0.25) is 0 Å². The van der Waals surface area contributed by atoms with E-state index in [2.05, 4.69) is 10.0 Å². The summed E-state index contributed by atoms with van der Waals surface area (Å²) in [7, 11) is 0. The van der Waals surface area contributed by atoms with E-state index in [4.69, 9.17) is 15.0 Å². The van der Waals surface area contributed by atoms with Gasteiger partial charge in [0.15, 0.2) is 0 Å². The first-order valence-electron chi connectivity index (χ1n) is 7.43. The van der Waals surface area contributed by atoms with E-state index in [1.54, 1.807) is 4.90 Å². The summed E-state index contributed by atoms with van der Waals surface area (Å²) in [5.41, 5.74) is 8.08. The third-order valence-electron chi connectivity index (χ3n) is 4.32. The topological polar surface area (TPSA) is 87.5 Å². The first-order valence-corrected chi connectivity index (χ1v) is 7.43. The molecule has 2 aliphatic rings. The molecule has 0 bridgehead atoms. The Labute approximate surface area is 125 Å². The summed E-state index contributed by atoms with van der Waals surface area (Å²) in [5.74, 6) is 0.185. The molecule has 0 aromatic rings. The number of ether oxygens (including phenoxy) is 2. The SMILES string of the molecule is CC(C)(C)OC(=O)N1CC(CN=[N+]=[N-])C2(CCOCC2)C1. The summed E-state index contributed by atoms with van der Waals surface area (Å²) < 4.78 is 10.9. The molecule has 0 N–H and O–H groups in total. The number of rotatable bonds is 2. The van der Waals surface area contributed by atoms with Crippen LogP contribution in [0.3, 0.4) is 0 Å². The van der Waals surface area contributed by atoms with Crippen LogP contribution in [0.2, 0.25) is 0 Å². The van der Waals surface area contributed by atoms with Crippen LogP contribution < -0.4 is 0 Å². The summed E-state index contributed by atoms with van der Waals surface area (Å²) in [6.07, 6.45) is 1.52. The Bertz CT molecular complexity index is 434. The van der Waals surface area contributed by atoms with E-state index in [1.165, 1.54) is 0 Å². The fraction of sp³-hybridized carbons (Fsp3) is 0.929. The lowest BCUT2D eigenvalue weighted by molar-refractivity contribution is -0.00289. The molecule has 1 atom stereocenters. The van der Waals surface area contributed by atoms with E-state index in [9.17, 15) is 4.79 Å². The van der Waals surface area contributed by atoms with E-state index in [0.717, 1.165) is 12.8 Å². The number of azide groups is 1. The highest BCUT2D eigenvalue weighted by molar-refractivity contribution is 5.68. The molecular formula is C14H24N4O3. The molecule has 7 heteroatoms. The van der Waals surface area contributed by atoms with Crippen molar-refractivity contribution in [1.29, 1.82) is 0 Å². The summed E-state index contributed by atoms with van der Waals surface area (Å²) >= 11 is 0.